The van der Waals surface area contributed by atoms with Crippen LogP contribution in [0.4, 0.5) is 5.69 Å². The number of nitrogens with one attached hydrogen (secondary N) is 1. The van der Waals surface area contributed by atoms with Crippen molar-refractivity contribution >= 4 is 34.8 Å². The number of carbonyl (C=O) groups excluding carboxylic acids is 1. The van der Waals surface area contributed by atoms with Crippen LogP contribution in [-0.2, 0) is 11.2 Å². The number of halogens is 2. The summed E-state index contributed by atoms with van der Waals surface area (Å²) in [5, 5.41) is 7.87. The summed E-state index contributed by atoms with van der Waals surface area (Å²) in [5.74, 6) is 0.573. The second kappa shape index (κ2) is 5.11. The Kier molecular flexibility index (Phi) is 3.44. The number of benzene rings is 1. The zero-order chi connectivity index (χ0) is 14.3. The van der Waals surface area contributed by atoms with E-state index in [1.807, 2.05) is 6.07 Å². The summed E-state index contributed by atoms with van der Waals surface area (Å²) in [4.78, 5) is 12.0. The first-order valence-corrected chi connectivity index (χ1v) is 7.00. The summed E-state index contributed by atoms with van der Waals surface area (Å²) in [6.07, 6.45) is 0.932. The molecule has 0 fully saturated rings. The number of hydrogen-bond acceptors (Lipinski definition) is 3. The lowest BCUT2D eigenvalue weighted by Crippen LogP contribution is -2.13. The maximum absolute atomic E-state index is 12.0. The van der Waals surface area contributed by atoms with Crippen LogP contribution in [0.25, 0.3) is 0 Å². The summed E-state index contributed by atoms with van der Waals surface area (Å²) in [7, 11) is 0. The molecule has 0 aliphatic carbocycles. The van der Waals surface area contributed by atoms with Gasteiger partial charge in [-0.25, -0.2) is 0 Å². The van der Waals surface area contributed by atoms with Crippen LogP contribution in [-0.4, -0.2) is 11.1 Å². The molecule has 1 N–H and O–H groups in total. The number of fused-ring (bicyclic) bond motifs is 1. The first-order valence-electron chi connectivity index (χ1n) is 6.24. The molecule has 6 heteroatoms. The van der Waals surface area contributed by atoms with Gasteiger partial charge in [-0.15, -0.1) is 0 Å². The Balaban J connectivity index is 2.00. The molecule has 0 bridgehead atoms. The van der Waals surface area contributed by atoms with Crippen LogP contribution in [0.1, 0.15) is 29.4 Å². The molecule has 1 atom stereocenters. The van der Waals surface area contributed by atoms with Crippen molar-refractivity contribution in [2.75, 3.05) is 5.32 Å². The molecule has 0 saturated carbocycles. The van der Waals surface area contributed by atoms with Gasteiger partial charge in [0.15, 0.2) is 5.76 Å². The number of hydrogen-bond donors (Lipinski definition) is 1. The molecule has 3 rings (SSSR count). The minimum atomic E-state index is -0.0638. The zero-order valence-corrected chi connectivity index (χ0v) is 12.3. The SMILES string of the molecule is Cc1noc2c1NC(=O)CC(c1ccc(Cl)cc1Cl)C2. The van der Waals surface area contributed by atoms with Gasteiger partial charge in [0.05, 0.1) is 0 Å². The maximum Gasteiger partial charge on any atom is 0.225 e. The second-order valence-electron chi connectivity index (χ2n) is 4.89. The van der Waals surface area contributed by atoms with E-state index in [1.54, 1.807) is 19.1 Å². The summed E-state index contributed by atoms with van der Waals surface area (Å²) in [5.41, 5.74) is 2.27. The van der Waals surface area contributed by atoms with Crippen LogP contribution in [0, 0.1) is 6.92 Å². The minimum Gasteiger partial charge on any atom is -0.359 e. The fourth-order valence-electron chi connectivity index (χ4n) is 2.48. The number of aromatic nitrogens is 1. The molecule has 0 saturated heterocycles. The summed E-state index contributed by atoms with van der Waals surface area (Å²) >= 11 is 12.1. The molecule has 1 amide bonds. The van der Waals surface area contributed by atoms with Crippen molar-refractivity contribution in [1.82, 2.24) is 5.16 Å². The Morgan fingerprint density at radius 3 is 2.90 bits per heavy atom. The highest BCUT2D eigenvalue weighted by Gasteiger charge is 2.28. The van der Waals surface area contributed by atoms with E-state index in [1.165, 1.54) is 0 Å². The Hall–Kier alpha value is -1.52. The topological polar surface area (TPSA) is 55.1 Å². The van der Waals surface area contributed by atoms with Gasteiger partial charge in [-0.2, -0.15) is 0 Å². The molecule has 1 aromatic carbocycles. The van der Waals surface area contributed by atoms with E-state index in [9.17, 15) is 4.79 Å². The third-order valence-corrected chi connectivity index (χ3v) is 4.03. The maximum atomic E-state index is 12.0. The van der Waals surface area contributed by atoms with Gasteiger partial charge in [-0.1, -0.05) is 34.4 Å². The molecule has 0 radical (unpaired) electrons. The minimum absolute atomic E-state index is 0.0478. The molecular formula is C14H12Cl2N2O2. The Labute approximate surface area is 126 Å². The Bertz CT molecular complexity index is 682. The lowest BCUT2D eigenvalue weighted by Gasteiger charge is -2.14. The molecule has 0 spiro atoms. The number of aryl methyl sites for hydroxylation is 1. The van der Waals surface area contributed by atoms with E-state index in [0.717, 1.165) is 5.56 Å². The van der Waals surface area contributed by atoms with Crippen molar-refractivity contribution in [3.63, 3.8) is 0 Å². The van der Waals surface area contributed by atoms with Gasteiger partial charge in [-0.05, 0) is 24.6 Å². The first kappa shape index (κ1) is 13.5. The molecule has 20 heavy (non-hydrogen) atoms. The third-order valence-electron chi connectivity index (χ3n) is 3.46. The number of nitrogens with zero attached hydrogens (tertiary/aromatic N) is 1. The van der Waals surface area contributed by atoms with Crippen molar-refractivity contribution in [2.45, 2.75) is 25.7 Å². The van der Waals surface area contributed by atoms with Gasteiger partial charge < -0.3 is 9.84 Å². The number of anilines is 1. The lowest BCUT2D eigenvalue weighted by atomic mass is 9.92. The quantitative estimate of drug-likeness (QED) is 0.867. The fraction of sp³-hybridized carbons (Fsp3) is 0.286. The molecule has 1 unspecified atom stereocenters. The Morgan fingerprint density at radius 2 is 2.15 bits per heavy atom. The van der Waals surface area contributed by atoms with E-state index in [-0.39, 0.29) is 11.8 Å². The van der Waals surface area contributed by atoms with Gasteiger partial charge >= 0.3 is 0 Å². The van der Waals surface area contributed by atoms with Crippen LogP contribution in [0.15, 0.2) is 22.7 Å². The number of carbonyl (C=O) groups is 1. The molecule has 104 valence electrons. The lowest BCUT2D eigenvalue weighted by molar-refractivity contribution is -0.116. The van der Waals surface area contributed by atoms with Gasteiger partial charge in [0, 0.05) is 28.8 Å². The van der Waals surface area contributed by atoms with E-state index < -0.39 is 0 Å². The van der Waals surface area contributed by atoms with Crippen LogP contribution in [0.5, 0.6) is 0 Å². The third kappa shape index (κ3) is 2.41. The van der Waals surface area contributed by atoms with Crippen molar-refractivity contribution in [3.8, 4) is 0 Å². The summed E-state index contributed by atoms with van der Waals surface area (Å²) < 4.78 is 5.30. The zero-order valence-electron chi connectivity index (χ0n) is 10.7. The molecule has 1 aliphatic rings. The highest BCUT2D eigenvalue weighted by molar-refractivity contribution is 6.35. The van der Waals surface area contributed by atoms with E-state index in [4.69, 9.17) is 27.7 Å². The van der Waals surface area contributed by atoms with E-state index >= 15 is 0 Å². The van der Waals surface area contributed by atoms with Gasteiger partial charge in [0.2, 0.25) is 5.91 Å². The highest BCUT2D eigenvalue weighted by atomic mass is 35.5. The van der Waals surface area contributed by atoms with E-state index in [0.29, 0.717) is 40.0 Å². The predicted octanol–water partition coefficient (Wildman–Crippen LogP) is 3.96. The second-order valence-corrected chi connectivity index (χ2v) is 5.73. The first-order chi connectivity index (χ1) is 9.54. The summed E-state index contributed by atoms with van der Waals surface area (Å²) in [6.45, 7) is 1.80. The standard InChI is InChI=1S/C14H12Cl2N2O2/c1-7-14-12(20-18-7)4-8(5-13(19)17-14)10-3-2-9(15)6-11(10)16/h2-3,6,8H,4-5H2,1H3,(H,17,19). The molecule has 4 nitrogen and oxygen atoms in total. The number of amides is 1. The fourth-order valence-corrected chi connectivity index (χ4v) is 3.04. The van der Waals surface area contributed by atoms with Crippen LogP contribution >= 0.6 is 23.2 Å². The Morgan fingerprint density at radius 1 is 1.35 bits per heavy atom. The molecule has 1 aromatic heterocycles. The molecule has 1 aliphatic heterocycles. The highest BCUT2D eigenvalue weighted by Crippen LogP contribution is 2.36. The van der Waals surface area contributed by atoms with Gasteiger partial charge in [-0.3, -0.25) is 4.79 Å². The average Bonchev–Trinajstić information content (AvgIpc) is 2.62. The van der Waals surface area contributed by atoms with Crippen molar-refractivity contribution in [2.24, 2.45) is 0 Å². The van der Waals surface area contributed by atoms with Crippen LogP contribution < -0.4 is 5.32 Å². The van der Waals surface area contributed by atoms with Crippen LogP contribution in [0.2, 0.25) is 10.0 Å². The monoisotopic (exact) mass is 310 g/mol. The number of rotatable bonds is 1. The smallest absolute Gasteiger partial charge is 0.225 e. The van der Waals surface area contributed by atoms with Crippen molar-refractivity contribution < 1.29 is 9.32 Å². The predicted molar refractivity (Wildman–Crippen MR) is 77.4 cm³/mol. The molecule has 2 heterocycles. The normalized spacial score (nSPS) is 18.4. The van der Waals surface area contributed by atoms with Gasteiger partial charge in [0.1, 0.15) is 11.4 Å². The van der Waals surface area contributed by atoms with Gasteiger partial charge in [0.25, 0.3) is 0 Å². The van der Waals surface area contributed by atoms with Crippen LogP contribution in [0.3, 0.4) is 0 Å². The summed E-state index contributed by atoms with van der Waals surface area (Å²) in [6, 6.07) is 5.32. The molecular weight excluding hydrogens is 299 g/mol. The van der Waals surface area contributed by atoms with Crippen molar-refractivity contribution in [3.05, 3.63) is 45.3 Å². The van der Waals surface area contributed by atoms with E-state index in [2.05, 4.69) is 10.5 Å². The average molecular weight is 311 g/mol. The van der Waals surface area contributed by atoms with Crippen molar-refractivity contribution in [1.29, 1.82) is 0 Å². The molecule has 2 aromatic rings. The largest absolute Gasteiger partial charge is 0.359 e.